The van der Waals surface area contributed by atoms with Crippen LogP contribution in [-0.2, 0) is 0 Å². The van der Waals surface area contributed by atoms with Crippen molar-refractivity contribution in [1.29, 1.82) is 0 Å². The van der Waals surface area contributed by atoms with Crippen LogP contribution in [0.1, 0.15) is 51.9 Å². The summed E-state index contributed by atoms with van der Waals surface area (Å²) in [5.74, 6) is 0.719. The molecule has 0 aromatic rings. The molecule has 9 heteroatoms. The third-order valence-corrected chi connectivity index (χ3v) is 5.50. The van der Waals surface area contributed by atoms with Crippen LogP contribution >= 0.6 is 24.0 Å². The average molecular weight is 519 g/mol. The minimum atomic E-state index is -4.13. The number of hydrogen-bond donors (Lipinski definition) is 2. The van der Waals surface area contributed by atoms with Crippen molar-refractivity contribution >= 4 is 29.9 Å². The number of nitrogens with one attached hydrogen (secondary N) is 2. The van der Waals surface area contributed by atoms with Crippen molar-refractivity contribution < 1.29 is 13.2 Å². The summed E-state index contributed by atoms with van der Waals surface area (Å²) in [6.07, 6.45) is 4.24. The van der Waals surface area contributed by atoms with Crippen LogP contribution in [0.5, 0.6) is 0 Å². The zero-order valence-electron chi connectivity index (χ0n) is 17.2. The smallest absolute Gasteiger partial charge is 0.357 e. The lowest BCUT2D eigenvalue weighted by Gasteiger charge is -2.31. The molecule has 1 aliphatic carbocycles. The van der Waals surface area contributed by atoms with Crippen molar-refractivity contribution in [3.05, 3.63) is 0 Å². The second kappa shape index (κ2) is 13.1. The molecule has 2 aliphatic rings. The highest BCUT2D eigenvalue weighted by molar-refractivity contribution is 14.0. The molecule has 0 spiro atoms. The largest absolute Gasteiger partial charge is 0.401 e. The van der Waals surface area contributed by atoms with Crippen molar-refractivity contribution in [3.63, 3.8) is 0 Å². The molecule has 166 valence electrons. The molecule has 1 atom stereocenters. The Morgan fingerprint density at radius 2 is 1.89 bits per heavy atom. The highest BCUT2D eigenvalue weighted by atomic mass is 127. The van der Waals surface area contributed by atoms with Gasteiger partial charge in [-0.2, -0.15) is 13.2 Å². The third-order valence-electron chi connectivity index (χ3n) is 5.50. The molecule has 2 N–H and O–H groups in total. The van der Waals surface area contributed by atoms with Crippen LogP contribution in [0.3, 0.4) is 0 Å². The summed E-state index contributed by atoms with van der Waals surface area (Å²) in [4.78, 5) is 8.54. The molecule has 5 nitrogen and oxygen atoms in total. The van der Waals surface area contributed by atoms with Crippen molar-refractivity contribution in [2.24, 2.45) is 4.99 Å². The first kappa shape index (κ1) is 25.7. The number of rotatable bonds is 8. The van der Waals surface area contributed by atoms with E-state index in [4.69, 9.17) is 0 Å². The second-order valence-electron chi connectivity index (χ2n) is 7.87. The summed E-state index contributed by atoms with van der Waals surface area (Å²) < 4.78 is 37.6. The normalized spacial score (nSPS) is 22.4. The summed E-state index contributed by atoms with van der Waals surface area (Å²) in [5, 5.41) is 6.51. The fourth-order valence-electron chi connectivity index (χ4n) is 4.08. The highest BCUT2D eigenvalue weighted by Gasteiger charge is 2.34. The molecule has 2 fully saturated rings. The van der Waals surface area contributed by atoms with Crippen LogP contribution in [0.15, 0.2) is 4.99 Å². The SMILES string of the molecule is CCNC(=NCCCN(C)C1CCCCC1)NC1CCN(CC(F)(F)F)C1.I. The Hall–Kier alpha value is -0.290. The maximum atomic E-state index is 12.5. The topological polar surface area (TPSA) is 42.9 Å². The van der Waals surface area contributed by atoms with Gasteiger partial charge in [-0.05, 0) is 46.2 Å². The minimum Gasteiger partial charge on any atom is -0.357 e. The van der Waals surface area contributed by atoms with Gasteiger partial charge in [-0.3, -0.25) is 9.89 Å². The fourth-order valence-corrected chi connectivity index (χ4v) is 4.08. The van der Waals surface area contributed by atoms with Gasteiger partial charge in [-0.15, -0.1) is 24.0 Å². The molecule has 0 amide bonds. The molecular formula is C19H37F3IN5. The predicted molar refractivity (Wildman–Crippen MR) is 120 cm³/mol. The maximum absolute atomic E-state index is 12.5. The molecule has 28 heavy (non-hydrogen) atoms. The van der Waals surface area contributed by atoms with Crippen LogP contribution in [0, 0.1) is 0 Å². The van der Waals surface area contributed by atoms with E-state index in [1.165, 1.54) is 37.0 Å². The molecular weight excluding hydrogens is 482 g/mol. The third kappa shape index (κ3) is 9.96. The van der Waals surface area contributed by atoms with Crippen LogP contribution in [0.2, 0.25) is 0 Å². The molecule has 0 aromatic carbocycles. The Morgan fingerprint density at radius 3 is 2.54 bits per heavy atom. The van der Waals surface area contributed by atoms with E-state index < -0.39 is 12.7 Å². The summed E-state index contributed by atoms with van der Waals surface area (Å²) in [7, 11) is 2.21. The molecule has 1 saturated heterocycles. The van der Waals surface area contributed by atoms with Crippen molar-refractivity contribution in [1.82, 2.24) is 20.4 Å². The number of guanidine groups is 1. The van der Waals surface area contributed by atoms with Crippen LogP contribution < -0.4 is 10.6 Å². The molecule has 0 aromatic heterocycles. The second-order valence-corrected chi connectivity index (χ2v) is 7.87. The van der Waals surface area contributed by atoms with Crippen LogP contribution in [0.25, 0.3) is 0 Å². The number of hydrogen-bond acceptors (Lipinski definition) is 3. The van der Waals surface area contributed by atoms with Crippen molar-refractivity contribution in [3.8, 4) is 0 Å². The number of likely N-dealkylation sites (tertiary alicyclic amines) is 1. The van der Waals surface area contributed by atoms with Gasteiger partial charge < -0.3 is 15.5 Å². The number of halogens is 4. The predicted octanol–water partition coefficient (Wildman–Crippen LogP) is 3.45. The summed E-state index contributed by atoms with van der Waals surface area (Å²) in [5.41, 5.74) is 0. The van der Waals surface area contributed by atoms with E-state index in [-0.39, 0.29) is 30.0 Å². The quantitative estimate of drug-likeness (QED) is 0.223. The van der Waals surface area contributed by atoms with E-state index in [9.17, 15) is 13.2 Å². The monoisotopic (exact) mass is 519 g/mol. The molecule has 2 rings (SSSR count). The van der Waals surface area contributed by atoms with E-state index >= 15 is 0 Å². The van der Waals surface area contributed by atoms with Gasteiger partial charge in [0.1, 0.15) is 0 Å². The van der Waals surface area contributed by atoms with E-state index in [1.807, 2.05) is 6.92 Å². The fraction of sp³-hybridized carbons (Fsp3) is 0.947. The van der Waals surface area contributed by atoms with Gasteiger partial charge in [0, 0.05) is 38.3 Å². The minimum absolute atomic E-state index is 0. The Balaban J connectivity index is 0.00000392. The Kier molecular flexibility index (Phi) is 12.0. The summed E-state index contributed by atoms with van der Waals surface area (Å²) >= 11 is 0. The Morgan fingerprint density at radius 1 is 1.18 bits per heavy atom. The van der Waals surface area contributed by atoms with Crippen LogP contribution in [0.4, 0.5) is 13.2 Å². The lowest BCUT2D eigenvalue weighted by Crippen LogP contribution is -2.45. The van der Waals surface area contributed by atoms with Gasteiger partial charge in [-0.25, -0.2) is 0 Å². The van der Waals surface area contributed by atoms with Gasteiger partial charge in [0.25, 0.3) is 0 Å². The molecule has 1 unspecified atom stereocenters. The van der Waals surface area contributed by atoms with Gasteiger partial charge in [0.05, 0.1) is 6.54 Å². The van der Waals surface area contributed by atoms with E-state index in [1.54, 1.807) is 0 Å². The van der Waals surface area contributed by atoms with E-state index in [2.05, 4.69) is 27.6 Å². The summed E-state index contributed by atoms with van der Waals surface area (Å²) in [6.45, 7) is 4.57. The standard InChI is InChI=1S/C19H36F3N5.HI/c1-3-23-18(25-16-10-13-27(14-16)15-19(20,21)22)24-11-7-12-26(2)17-8-5-4-6-9-17;/h16-17H,3-15H2,1-2H3,(H2,23,24,25);1H. The zero-order valence-corrected chi connectivity index (χ0v) is 19.6. The number of aliphatic imine (C=N–C) groups is 1. The van der Waals surface area contributed by atoms with Gasteiger partial charge in [0.15, 0.2) is 5.96 Å². The number of alkyl halides is 3. The first-order valence-corrected chi connectivity index (χ1v) is 10.4. The molecule has 1 saturated carbocycles. The Labute approximate surface area is 184 Å². The first-order chi connectivity index (χ1) is 12.9. The molecule has 0 bridgehead atoms. The van der Waals surface area contributed by atoms with Gasteiger partial charge in [0.2, 0.25) is 0 Å². The van der Waals surface area contributed by atoms with Crippen molar-refractivity contribution in [2.75, 3.05) is 46.3 Å². The van der Waals surface area contributed by atoms with E-state index in [0.29, 0.717) is 25.6 Å². The maximum Gasteiger partial charge on any atom is 0.401 e. The highest BCUT2D eigenvalue weighted by Crippen LogP contribution is 2.22. The summed E-state index contributed by atoms with van der Waals surface area (Å²) in [6, 6.07) is 0.738. The molecule has 1 aliphatic heterocycles. The van der Waals surface area contributed by atoms with Gasteiger partial charge >= 0.3 is 6.18 Å². The Bertz CT molecular complexity index is 455. The lowest BCUT2D eigenvalue weighted by atomic mass is 9.94. The molecule has 0 radical (unpaired) electrons. The van der Waals surface area contributed by atoms with Gasteiger partial charge in [-0.1, -0.05) is 19.3 Å². The zero-order chi connectivity index (χ0) is 19.7. The van der Waals surface area contributed by atoms with Crippen molar-refractivity contribution in [2.45, 2.75) is 70.1 Å². The van der Waals surface area contributed by atoms with Crippen LogP contribution in [-0.4, -0.2) is 80.3 Å². The first-order valence-electron chi connectivity index (χ1n) is 10.4. The van der Waals surface area contributed by atoms with E-state index in [0.717, 1.165) is 32.0 Å². The average Bonchev–Trinajstić information content (AvgIpc) is 3.04. The number of nitrogens with zero attached hydrogens (tertiary/aromatic N) is 3. The molecule has 1 heterocycles. The lowest BCUT2D eigenvalue weighted by molar-refractivity contribution is -0.143.